The summed E-state index contributed by atoms with van der Waals surface area (Å²) >= 11 is 6.56. The number of hydrogen-bond acceptors (Lipinski definition) is 9. The Bertz CT molecular complexity index is 1480. The van der Waals surface area contributed by atoms with Crippen LogP contribution in [0.15, 0.2) is 48.7 Å². The molecule has 2 aliphatic heterocycles. The van der Waals surface area contributed by atoms with Gasteiger partial charge < -0.3 is 30.4 Å². The maximum absolute atomic E-state index is 8.82. The van der Waals surface area contributed by atoms with Crippen molar-refractivity contribution in [2.75, 3.05) is 63.8 Å². The van der Waals surface area contributed by atoms with E-state index in [0.29, 0.717) is 29.1 Å². The van der Waals surface area contributed by atoms with Crippen molar-refractivity contribution in [2.45, 2.75) is 31.7 Å². The summed E-state index contributed by atoms with van der Waals surface area (Å²) in [5.41, 5.74) is 6.59. The number of halogens is 1. The largest absolute Gasteiger partial charge is 0.494 e. The normalized spacial score (nSPS) is 19.3. The van der Waals surface area contributed by atoms with Crippen molar-refractivity contribution in [1.29, 1.82) is 5.41 Å². The number of benzene rings is 2. The maximum Gasteiger partial charge on any atom is 0.227 e. The highest BCUT2D eigenvalue weighted by molar-refractivity contribution is 6.35. The number of aryl methyl sites for hydroxylation is 1. The first kappa shape index (κ1) is 28.5. The molecule has 2 aromatic carbocycles. The second-order valence-electron chi connectivity index (χ2n) is 10.9. The summed E-state index contributed by atoms with van der Waals surface area (Å²) in [5.74, 6) is 1.18. The first-order chi connectivity index (χ1) is 20.6. The summed E-state index contributed by atoms with van der Waals surface area (Å²) < 4.78 is 11.4. The maximum atomic E-state index is 8.82. The summed E-state index contributed by atoms with van der Waals surface area (Å²) in [6, 6.07) is 14.6. The number of allylic oxidation sites excluding steroid dienone is 1. The summed E-state index contributed by atoms with van der Waals surface area (Å²) in [5, 5.41) is 16.1. The van der Waals surface area contributed by atoms with Gasteiger partial charge in [-0.1, -0.05) is 29.8 Å². The highest BCUT2D eigenvalue weighted by Crippen LogP contribution is 2.36. The number of fused-ring (bicyclic) bond motifs is 1. The minimum absolute atomic E-state index is 0.451. The fraction of sp³-hybridized carbons (Fsp3) is 0.406. The Hall–Kier alpha value is -3.66. The molecule has 3 N–H and O–H groups in total. The lowest BCUT2D eigenvalue weighted by Crippen LogP contribution is -2.51. The molecule has 9 nitrogen and oxygen atoms in total. The first-order valence-electron chi connectivity index (χ1n) is 14.7. The van der Waals surface area contributed by atoms with Crippen LogP contribution in [-0.2, 0) is 11.2 Å². The first-order valence-corrected chi connectivity index (χ1v) is 15.1. The number of hydrogen-bond donors (Lipinski definition) is 3. The molecule has 0 spiro atoms. The summed E-state index contributed by atoms with van der Waals surface area (Å²) in [6.45, 7) is 5.85. The summed E-state index contributed by atoms with van der Waals surface area (Å²) in [7, 11) is 3.54. The van der Waals surface area contributed by atoms with Crippen molar-refractivity contribution in [2.24, 2.45) is 0 Å². The topological polar surface area (TPSA) is 98.6 Å². The standard InChI is InChI=1S/C32H38ClN7O2/c1-35-31(24-5-3-4-6-25(24)33)29-26(34)9-7-21-20-36-32(38-30(21)29)37-27-10-8-23(19-28(27)41-2)40-15-13-39(14-16-40)22-11-17-42-18-12-22/h3-6,8,10,19-20,22,34-35H,7,9,11-18H2,1-2H3,(H,36,37,38)/b31-29+,34-26?. The smallest absolute Gasteiger partial charge is 0.227 e. The van der Waals surface area contributed by atoms with Crippen LogP contribution < -0.4 is 20.3 Å². The van der Waals surface area contributed by atoms with Crippen molar-refractivity contribution < 1.29 is 9.47 Å². The average Bonchev–Trinajstić information content (AvgIpc) is 3.04. The van der Waals surface area contributed by atoms with Crippen molar-refractivity contribution in [3.05, 3.63) is 70.5 Å². The SMILES string of the molecule is CN/C(=C1\C(=N)CCc2cnc(Nc3ccc(N4CCN(C5CCOCC5)CC4)cc3OC)nc21)c1ccccc1Cl. The third-order valence-electron chi connectivity index (χ3n) is 8.51. The number of ether oxygens (including phenoxy) is 2. The number of rotatable bonds is 7. The van der Waals surface area contributed by atoms with Gasteiger partial charge in [-0.2, -0.15) is 0 Å². The fourth-order valence-corrected chi connectivity index (χ4v) is 6.45. The summed E-state index contributed by atoms with van der Waals surface area (Å²) in [4.78, 5) is 14.6. The number of methoxy groups -OCH3 is 1. The van der Waals surface area contributed by atoms with Crippen molar-refractivity contribution in [3.63, 3.8) is 0 Å². The second-order valence-corrected chi connectivity index (χ2v) is 11.3. The predicted molar refractivity (Wildman–Crippen MR) is 169 cm³/mol. The monoisotopic (exact) mass is 587 g/mol. The molecular formula is C32H38ClN7O2. The minimum atomic E-state index is 0.451. The zero-order valence-corrected chi connectivity index (χ0v) is 25.0. The van der Waals surface area contributed by atoms with Crippen LogP contribution in [0.2, 0.25) is 5.02 Å². The van der Waals surface area contributed by atoms with Crippen LogP contribution in [0.1, 0.15) is 36.1 Å². The van der Waals surface area contributed by atoms with Crippen molar-refractivity contribution >= 4 is 45.9 Å². The van der Waals surface area contributed by atoms with E-state index in [4.69, 9.17) is 31.5 Å². The quantitative estimate of drug-likeness (QED) is 0.345. The van der Waals surface area contributed by atoms with Crippen LogP contribution in [0.5, 0.6) is 5.75 Å². The van der Waals surface area contributed by atoms with Gasteiger partial charge in [0.15, 0.2) is 0 Å². The van der Waals surface area contributed by atoms with Gasteiger partial charge >= 0.3 is 0 Å². The molecule has 220 valence electrons. The van der Waals surface area contributed by atoms with E-state index in [0.717, 1.165) is 104 Å². The van der Waals surface area contributed by atoms with Crippen LogP contribution in [-0.4, -0.2) is 80.2 Å². The zero-order chi connectivity index (χ0) is 29.1. The number of nitrogens with zero attached hydrogens (tertiary/aromatic N) is 4. The van der Waals surface area contributed by atoms with Gasteiger partial charge in [-0.25, -0.2) is 9.97 Å². The molecule has 3 aromatic rings. The van der Waals surface area contributed by atoms with E-state index in [1.807, 2.05) is 43.6 Å². The molecule has 0 unspecified atom stereocenters. The Morgan fingerprint density at radius 1 is 1.07 bits per heavy atom. The van der Waals surface area contributed by atoms with Gasteiger partial charge in [0, 0.05) is 92.3 Å². The predicted octanol–water partition coefficient (Wildman–Crippen LogP) is 5.24. The molecule has 10 heteroatoms. The van der Waals surface area contributed by atoms with Crippen molar-refractivity contribution in [3.8, 4) is 5.75 Å². The molecule has 0 amide bonds. The van der Waals surface area contributed by atoms with Crippen LogP contribution in [0.3, 0.4) is 0 Å². The number of anilines is 3. The van der Waals surface area contributed by atoms with Gasteiger partial charge in [-0.05, 0) is 49.4 Å². The second kappa shape index (κ2) is 12.7. The Kier molecular flexibility index (Phi) is 8.60. The van der Waals surface area contributed by atoms with Crippen LogP contribution in [0, 0.1) is 5.41 Å². The Labute approximate surface area is 252 Å². The molecule has 1 aliphatic carbocycles. The van der Waals surface area contributed by atoms with Gasteiger partial charge in [-0.3, -0.25) is 4.90 Å². The zero-order valence-electron chi connectivity index (χ0n) is 24.3. The van der Waals surface area contributed by atoms with Crippen molar-refractivity contribution in [1.82, 2.24) is 20.2 Å². The molecule has 6 rings (SSSR count). The third kappa shape index (κ3) is 5.82. The lowest BCUT2D eigenvalue weighted by atomic mass is 9.87. The highest BCUT2D eigenvalue weighted by atomic mass is 35.5. The molecule has 0 bridgehead atoms. The Morgan fingerprint density at radius 3 is 2.60 bits per heavy atom. The molecule has 0 atom stereocenters. The summed E-state index contributed by atoms with van der Waals surface area (Å²) in [6.07, 6.45) is 5.46. The Morgan fingerprint density at radius 2 is 1.86 bits per heavy atom. The molecule has 0 saturated carbocycles. The van der Waals surface area contributed by atoms with Crippen LogP contribution >= 0.6 is 11.6 Å². The van der Waals surface area contributed by atoms with Gasteiger partial charge in [0.1, 0.15) is 5.75 Å². The third-order valence-corrected chi connectivity index (χ3v) is 8.84. The molecule has 1 aromatic heterocycles. The van der Waals surface area contributed by atoms with Gasteiger partial charge in [0.2, 0.25) is 5.95 Å². The number of nitrogens with one attached hydrogen (secondary N) is 3. The minimum Gasteiger partial charge on any atom is -0.494 e. The van der Waals surface area contributed by atoms with E-state index < -0.39 is 0 Å². The molecule has 0 radical (unpaired) electrons. The van der Waals surface area contributed by atoms with Gasteiger partial charge in [0.05, 0.1) is 24.2 Å². The van der Waals surface area contributed by atoms with E-state index in [9.17, 15) is 0 Å². The van der Waals surface area contributed by atoms with E-state index in [1.54, 1.807) is 7.11 Å². The highest BCUT2D eigenvalue weighted by Gasteiger charge is 2.27. The van der Waals surface area contributed by atoms with Gasteiger partial charge in [-0.15, -0.1) is 0 Å². The molecule has 2 fully saturated rings. The molecule has 42 heavy (non-hydrogen) atoms. The lowest BCUT2D eigenvalue weighted by Gasteiger charge is -2.41. The van der Waals surface area contributed by atoms with E-state index in [2.05, 4.69) is 37.6 Å². The molecular weight excluding hydrogens is 550 g/mol. The number of piperazine rings is 1. The van der Waals surface area contributed by atoms with Crippen LogP contribution in [0.25, 0.3) is 11.3 Å². The van der Waals surface area contributed by atoms with Crippen LogP contribution in [0.4, 0.5) is 17.3 Å². The van der Waals surface area contributed by atoms with Gasteiger partial charge in [0.25, 0.3) is 0 Å². The van der Waals surface area contributed by atoms with E-state index in [1.165, 1.54) is 0 Å². The average molecular weight is 588 g/mol. The lowest BCUT2D eigenvalue weighted by molar-refractivity contribution is 0.0321. The molecule has 2 saturated heterocycles. The number of aromatic nitrogens is 2. The van der Waals surface area contributed by atoms with E-state index in [-0.39, 0.29) is 0 Å². The van der Waals surface area contributed by atoms with E-state index >= 15 is 0 Å². The molecule has 3 aliphatic rings. The Balaban J connectivity index is 1.23. The molecule has 3 heterocycles. The fourth-order valence-electron chi connectivity index (χ4n) is 6.22.